The predicted octanol–water partition coefficient (Wildman–Crippen LogP) is 0.955. The van der Waals surface area contributed by atoms with E-state index in [9.17, 15) is 8.42 Å². The van der Waals surface area contributed by atoms with Crippen LogP contribution in [0, 0.1) is 0 Å². The number of hydrogen-bond donors (Lipinski definition) is 3. The van der Waals surface area contributed by atoms with Crippen molar-refractivity contribution in [1.29, 1.82) is 0 Å². The minimum atomic E-state index is -3.37. The van der Waals surface area contributed by atoms with Gasteiger partial charge in [-0.2, -0.15) is 0 Å². The molecule has 2 rings (SSSR count). The quantitative estimate of drug-likeness (QED) is 0.710. The van der Waals surface area contributed by atoms with Crippen molar-refractivity contribution in [3.05, 3.63) is 18.0 Å². The van der Waals surface area contributed by atoms with E-state index in [1.165, 1.54) is 0 Å². The van der Waals surface area contributed by atoms with Gasteiger partial charge in [-0.15, -0.1) is 0 Å². The van der Waals surface area contributed by atoms with Crippen LogP contribution in [0.3, 0.4) is 0 Å². The molecular weight excluding hydrogens is 238 g/mol. The first-order valence-corrected chi connectivity index (χ1v) is 7.35. The Bertz CT molecular complexity index is 489. The molecule has 1 aliphatic carbocycles. The fourth-order valence-corrected chi connectivity index (χ4v) is 3.09. The van der Waals surface area contributed by atoms with Gasteiger partial charge in [0, 0.05) is 24.0 Å². The van der Waals surface area contributed by atoms with Crippen molar-refractivity contribution in [3.63, 3.8) is 0 Å². The molecule has 0 atom stereocenters. The van der Waals surface area contributed by atoms with Gasteiger partial charge >= 0.3 is 0 Å². The van der Waals surface area contributed by atoms with Crippen LogP contribution < -0.4 is 10.0 Å². The molecule has 0 amide bonds. The summed E-state index contributed by atoms with van der Waals surface area (Å²) in [6, 6.07) is 1.68. The highest BCUT2D eigenvalue weighted by Crippen LogP contribution is 2.35. The molecule has 5 nitrogen and oxygen atoms in total. The Morgan fingerprint density at radius 1 is 1.47 bits per heavy atom. The van der Waals surface area contributed by atoms with Gasteiger partial charge in [-0.3, -0.25) is 0 Å². The molecule has 0 spiro atoms. The van der Waals surface area contributed by atoms with Crippen LogP contribution >= 0.6 is 0 Å². The number of aromatic amines is 1. The maximum Gasteiger partial charge on any atom is 0.242 e. The summed E-state index contributed by atoms with van der Waals surface area (Å²) in [5.74, 6) is 0. The fraction of sp³-hybridized carbons (Fsp3) is 0.636. The number of hydrogen-bond acceptors (Lipinski definition) is 3. The molecule has 0 saturated heterocycles. The lowest BCUT2D eigenvalue weighted by Crippen LogP contribution is -2.33. The van der Waals surface area contributed by atoms with Crippen LogP contribution in [0.15, 0.2) is 17.2 Å². The average molecular weight is 257 g/mol. The molecule has 3 N–H and O–H groups in total. The van der Waals surface area contributed by atoms with E-state index in [2.05, 4.69) is 15.0 Å². The first-order chi connectivity index (χ1) is 7.95. The summed E-state index contributed by atoms with van der Waals surface area (Å²) < 4.78 is 26.8. The van der Waals surface area contributed by atoms with Crippen molar-refractivity contribution < 1.29 is 8.42 Å². The third kappa shape index (κ3) is 3.08. The largest absolute Gasteiger partial charge is 0.363 e. The second-order valence-corrected chi connectivity index (χ2v) is 6.49. The highest BCUT2D eigenvalue weighted by Gasteiger charge is 2.41. The molecular formula is C11H19N3O2S. The van der Waals surface area contributed by atoms with Crippen molar-refractivity contribution in [2.75, 3.05) is 6.54 Å². The summed E-state index contributed by atoms with van der Waals surface area (Å²) in [6.45, 7) is 5.45. The zero-order valence-corrected chi connectivity index (χ0v) is 11.0. The van der Waals surface area contributed by atoms with Crippen LogP contribution in [0.4, 0.5) is 0 Å². The van der Waals surface area contributed by atoms with E-state index in [1.54, 1.807) is 12.3 Å². The topological polar surface area (TPSA) is 74.0 Å². The Morgan fingerprint density at radius 2 is 2.18 bits per heavy atom. The standard InChI is InChI=1S/C11H19N3O2S/c1-3-12-7-9-6-10(8-13-9)17(15,16)14-11(2)4-5-11/h6,8,12-14H,3-5,7H2,1-2H3. The predicted molar refractivity (Wildman–Crippen MR) is 66.1 cm³/mol. The molecule has 6 heteroatoms. The van der Waals surface area contributed by atoms with E-state index in [-0.39, 0.29) is 5.54 Å². The van der Waals surface area contributed by atoms with Crippen LogP contribution in [-0.4, -0.2) is 25.5 Å². The molecule has 0 unspecified atom stereocenters. The average Bonchev–Trinajstić information content (AvgIpc) is 2.81. The maximum absolute atomic E-state index is 12.0. The van der Waals surface area contributed by atoms with Gasteiger partial charge in [-0.25, -0.2) is 13.1 Å². The minimum Gasteiger partial charge on any atom is -0.363 e. The number of rotatable bonds is 6. The van der Waals surface area contributed by atoms with Gasteiger partial charge in [0.05, 0.1) is 4.90 Å². The summed E-state index contributed by atoms with van der Waals surface area (Å²) in [7, 11) is -3.37. The summed E-state index contributed by atoms with van der Waals surface area (Å²) >= 11 is 0. The zero-order chi connectivity index (χ0) is 12.5. The third-order valence-corrected chi connectivity index (χ3v) is 4.59. The molecule has 0 radical (unpaired) electrons. The van der Waals surface area contributed by atoms with Crippen LogP contribution in [0.1, 0.15) is 32.4 Å². The summed E-state index contributed by atoms with van der Waals surface area (Å²) in [5, 5.41) is 3.14. The summed E-state index contributed by atoms with van der Waals surface area (Å²) in [6.07, 6.45) is 3.38. The fourth-order valence-electron chi connectivity index (χ4n) is 1.61. The second-order valence-electron chi connectivity index (χ2n) is 4.81. The van der Waals surface area contributed by atoms with Gasteiger partial charge in [-0.05, 0) is 32.4 Å². The van der Waals surface area contributed by atoms with Crippen LogP contribution in [0.25, 0.3) is 0 Å². The van der Waals surface area contributed by atoms with Crippen LogP contribution in [0.5, 0.6) is 0 Å². The van der Waals surface area contributed by atoms with Gasteiger partial charge in [0.15, 0.2) is 0 Å². The molecule has 1 aliphatic rings. The van der Waals surface area contributed by atoms with Crippen molar-refractivity contribution in [1.82, 2.24) is 15.0 Å². The molecule has 0 aromatic carbocycles. The first-order valence-electron chi connectivity index (χ1n) is 5.87. The lowest BCUT2D eigenvalue weighted by atomic mass is 10.4. The second kappa shape index (κ2) is 4.44. The Labute approximate surface area is 102 Å². The number of nitrogens with one attached hydrogen (secondary N) is 3. The van der Waals surface area contributed by atoms with Crippen LogP contribution in [0.2, 0.25) is 0 Å². The molecule has 0 aliphatic heterocycles. The van der Waals surface area contributed by atoms with Gasteiger partial charge in [0.2, 0.25) is 10.0 Å². The molecule has 0 bridgehead atoms. The molecule has 1 heterocycles. The van der Waals surface area contributed by atoms with Gasteiger partial charge in [0.1, 0.15) is 0 Å². The molecule has 1 aromatic rings. The van der Waals surface area contributed by atoms with E-state index in [1.807, 2.05) is 13.8 Å². The Morgan fingerprint density at radius 3 is 2.76 bits per heavy atom. The normalized spacial score (nSPS) is 18.2. The van der Waals surface area contributed by atoms with Gasteiger partial charge < -0.3 is 10.3 Å². The Hall–Kier alpha value is -0.850. The zero-order valence-electron chi connectivity index (χ0n) is 10.2. The highest BCUT2D eigenvalue weighted by molar-refractivity contribution is 7.89. The summed E-state index contributed by atoms with van der Waals surface area (Å²) in [4.78, 5) is 3.29. The molecule has 1 aromatic heterocycles. The number of H-pyrrole nitrogens is 1. The monoisotopic (exact) mass is 257 g/mol. The highest BCUT2D eigenvalue weighted by atomic mass is 32.2. The minimum absolute atomic E-state index is 0.224. The lowest BCUT2D eigenvalue weighted by Gasteiger charge is -2.10. The van der Waals surface area contributed by atoms with Crippen LogP contribution in [-0.2, 0) is 16.6 Å². The van der Waals surface area contributed by atoms with Gasteiger partial charge in [0.25, 0.3) is 0 Å². The SMILES string of the molecule is CCNCc1cc(S(=O)(=O)NC2(C)CC2)c[nH]1. The third-order valence-electron chi connectivity index (χ3n) is 2.97. The van der Waals surface area contributed by atoms with Crippen molar-refractivity contribution >= 4 is 10.0 Å². The summed E-state index contributed by atoms with van der Waals surface area (Å²) in [5.41, 5.74) is 0.658. The first kappa shape index (κ1) is 12.6. The smallest absolute Gasteiger partial charge is 0.242 e. The number of aromatic nitrogens is 1. The molecule has 96 valence electrons. The van der Waals surface area contributed by atoms with E-state index in [0.29, 0.717) is 11.4 Å². The van der Waals surface area contributed by atoms with Gasteiger partial charge in [-0.1, -0.05) is 6.92 Å². The van der Waals surface area contributed by atoms with Crippen molar-refractivity contribution in [2.45, 2.75) is 43.7 Å². The lowest BCUT2D eigenvalue weighted by molar-refractivity contribution is 0.558. The van der Waals surface area contributed by atoms with Crippen molar-refractivity contribution in [3.8, 4) is 0 Å². The van der Waals surface area contributed by atoms with E-state index in [4.69, 9.17) is 0 Å². The molecule has 1 fully saturated rings. The molecule has 17 heavy (non-hydrogen) atoms. The number of sulfonamides is 1. The van der Waals surface area contributed by atoms with E-state index in [0.717, 1.165) is 25.1 Å². The molecule has 1 saturated carbocycles. The van der Waals surface area contributed by atoms with Crippen molar-refractivity contribution in [2.24, 2.45) is 0 Å². The Kier molecular flexibility index (Phi) is 3.29. The van der Waals surface area contributed by atoms with E-state index < -0.39 is 10.0 Å². The maximum atomic E-state index is 12.0. The Balaban J connectivity index is 2.08. The van der Waals surface area contributed by atoms with E-state index >= 15 is 0 Å².